The second-order valence-electron chi connectivity index (χ2n) is 4.26. The molecule has 2 N–H and O–H groups in total. The van der Waals surface area contributed by atoms with Gasteiger partial charge < -0.3 is 10.3 Å². The Morgan fingerprint density at radius 1 is 1.35 bits per heavy atom. The molecule has 1 aromatic carbocycles. The molecule has 3 rings (SSSR count). The summed E-state index contributed by atoms with van der Waals surface area (Å²) in [4.78, 5) is 4.33. The fourth-order valence-corrected chi connectivity index (χ4v) is 1.99. The fraction of sp³-hybridized carbons (Fsp3) is 0.333. The van der Waals surface area contributed by atoms with E-state index in [1.165, 1.54) is 0 Å². The normalized spacial score (nSPS) is 17.1. The van der Waals surface area contributed by atoms with Crippen molar-refractivity contribution in [2.24, 2.45) is 5.73 Å². The largest absolute Gasteiger partial charge is 0.337 e. The average molecular weight is 250 g/mol. The van der Waals surface area contributed by atoms with Crippen molar-refractivity contribution in [1.82, 2.24) is 10.1 Å². The maximum absolute atomic E-state index is 6.08. The molecule has 17 heavy (non-hydrogen) atoms. The molecule has 1 aromatic heterocycles. The van der Waals surface area contributed by atoms with Crippen molar-refractivity contribution in [2.75, 3.05) is 0 Å². The quantitative estimate of drug-likeness (QED) is 0.908. The van der Waals surface area contributed by atoms with Crippen LogP contribution in [0.2, 0.25) is 5.02 Å². The van der Waals surface area contributed by atoms with Gasteiger partial charge in [0.05, 0.1) is 0 Å². The van der Waals surface area contributed by atoms with Crippen molar-refractivity contribution in [3.8, 4) is 0 Å². The smallest absolute Gasteiger partial charge is 0.248 e. The zero-order chi connectivity index (χ0) is 11.8. The second-order valence-corrected chi connectivity index (χ2v) is 4.67. The van der Waals surface area contributed by atoms with E-state index in [1.54, 1.807) is 6.07 Å². The van der Waals surface area contributed by atoms with Crippen LogP contribution in [-0.2, 0) is 0 Å². The maximum atomic E-state index is 6.08. The lowest BCUT2D eigenvalue weighted by Gasteiger charge is -2.08. The Labute approximate surface area is 104 Å². The Morgan fingerprint density at radius 2 is 2.12 bits per heavy atom. The zero-order valence-electron chi connectivity index (χ0n) is 9.14. The van der Waals surface area contributed by atoms with E-state index in [9.17, 15) is 0 Å². The summed E-state index contributed by atoms with van der Waals surface area (Å²) >= 11 is 6.08. The van der Waals surface area contributed by atoms with E-state index in [2.05, 4.69) is 10.1 Å². The lowest BCUT2D eigenvalue weighted by molar-refractivity contribution is 0.362. The number of hydrogen-bond acceptors (Lipinski definition) is 4. The molecular weight excluding hydrogens is 238 g/mol. The molecule has 1 fully saturated rings. The molecule has 0 spiro atoms. The highest BCUT2D eigenvalue weighted by atomic mass is 35.5. The molecule has 0 radical (unpaired) electrons. The van der Waals surface area contributed by atoms with Gasteiger partial charge in [0.15, 0.2) is 5.82 Å². The SMILES string of the molecule is N[C@@H](c1nc(C2CC2)no1)c1ccccc1Cl. The van der Waals surface area contributed by atoms with Gasteiger partial charge in [-0.3, -0.25) is 0 Å². The first-order valence-electron chi connectivity index (χ1n) is 5.59. The second kappa shape index (κ2) is 4.13. The van der Waals surface area contributed by atoms with Crippen molar-refractivity contribution >= 4 is 11.6 Å². The highest BCUT2D eigenvalue weighted by molar-refractivity contribution is 6.31. The number of nitrogens with zero attached hydrogens (tertiary/aromatic N) is 2. The van der Waals surface area contributed by atoms with Crippen LogP contribution in [0.1, 0.15) is 42.1 Å². The van der Waals surface area contributed by atoms with E-state index in [4.69, 9.17) is 21.9 Å². The molecule has 88 valence electrons. The summed E-state index contributed by atoms with van der Waals surface area (Å²) in [5.41, 5.74) is 6.88. The minimum atomic E-state index is -0.455. The Bertz CT molecular complexity index is 536. The number of nitrogens with two attached hydrogens (primary N) is 1. The minimum absolute atomic E-state index is 0.431. The van der Waals surface area contributed by atoms with E-state index in [0.29, 0.717) is 16.8 Å². The third kappa shape index (κ3) is 2.06. The topological polar surface area (TPSA) is 64.9 Å². The molecule has 1 aliphatic rings. The monoisotopic (exact) mass is 249 g/mol. The summed E-state index contributed by atoms with van der Waals surface area (Å²) in [7, 11) is 0. The Kier molecular flexibility index (Phi) is 2.61. The van der Waals surface area contributed by atoms with Gasteiger partial charge in [-0.25, -0.2) is 0 Å². The third-order valence-corrected chi connectivity index (χ3v) is 3.25. The summed E-state index contributed by atoms with van der Waals surface area (Å²) in [6.07, 6.45) is 2.28. The van der Waals surface area contributed by atoms with Gasteiger partial charge in [-0.05, 0) is 24.5 Å². The maximum Gasteiger partial charge on any atom is 0.248 e. The van der Waals surface area contributed by atoms with Crippen LogP contribution >= 0.6 is 11.6 Å². The number of benzene rings is 1. The number of hydrogen-bond donors (Lipinski definition) is 1. The van der Waals surface area contributed by atoms with E-state index < -0.39 is 6.04 Å². The zero-order valence-corrected chi connectivity index (χ0v) is 9.89. The third-order valence-electron chi connectivity index (χ3n) is 2.91. The van der Waals surface area contributed by atoms with Gasteiger partial charge in [-0.2, -0.15) is 4.98 Å². The highest BCUT2D eigenvalue weighted by Crippen LogP contribution is 2.38. The van der Waals surface area contributed by atoms with Crippen LogP contribution in [0.5, 0.6) is 0 Å². The first kappa shape index (κ1) is 10.7. The lowest BCUT2D eigenvalue weighted by Crippen LogP contribution is -2.12. The molecule has 0 amide bonds. The van der Waals surface area contributed by atoms with Crippen LogP contribution in [0.15, 0.2) is 28.8 Å². The van der Waals surface area contributed by atoms with E-state index >= 15 is 0 Å². The van der Waals surface area contributed by atoms with Gasteiger partial charge in [-0.15, -0.1) is 0 Å². The molecule has 1 atom stereocenters. The molecule has 1 heterocycles. The van der Waals surface area contributed by atoms with Gasteiger partial charge in [-0.1, -0.05) is 35.0 Å². The van der Waals surface area contributed by atoms with Crippen molar-refractivity contribution in [3.63, 3.8) is 0 Å². The van der Waals surface area contributed by atoms with E-state index in [0.717, 1.165) is 24.2 Å². The molecule has 0 aliphatic heterocycles. The van der Waals surface area contributed by atoms with Crippen molar-refractivity contribution in [1.29, 1.82) is 0 Å². The lowest BCUT2D eigenvalue weighted by atomic mass is 10.1. The van der Waals surface area contributed by atoms with Gasteiger partial charge in [0.1, 0.15) is 6.04 Å². The van der Waals surface area contributed by atoms with Crippen LogP contribution in [-0.4, -0.2) is 10.1 Å². The molecule has 1 saturated carbocycles. The van der Waals surface area contributed by atoms with Crippen LogP contribution in [0.3, 0.4) is 0 Å². The molecule has 4 nitrogen and oxygen atoms in total. The van der Waals surface area contributed by atoms with Crippen molar-refractivity contribution in [2.45, 2.75) is 24.8 Å². The summed E-state index contributed by atoms with van der Waals surface area (Å²) in [6.45, 7) is 0. The van der Waals surface area contributed by atoms with Gasteiger partial charge in [0, 0.05) is 10.9 Å². The van der Waals surface area contributed by atoms with Crippen LogP contribution in [0, 0.1) is 0 Å². The highest BCUT2D eigenvalue weighted by Gasteiger charge is 2.30. The number of aromatic nitrogens is 2. The number of rotatable bonds is 3. The Balaban J connectivity index is 1.89. The van der Waals surface area contributed by atoms with Gasteiger partial charge in [0.2, 0.25) is 5.89 Å². The summed E-state index contributed by atoms with van der Waals surface area (Å²) < 4.78 is 5.19. The fourth-order valence-electron chi connectivity index (χ4n) is 1.74. The standard InChI is InChI=1S/C12H12ClN3O/c13-9-4-2-1-3-8(9)10(14)12-15-11(16-17-12)7-5-6-7/h1-4,7,10H,5-6,14H2/t10-/m1/s1. The molecule has 5 heteroatoms. The summed E-state index contributed by atoms with van der Waals surface area (Å²) in [5.74, 6) is 1.66. The van der Waals surface area contributed by atoms with Crippen molar-refractivity contribution in [3.05, 3.63) is 46.6 Å². The summed E-state index contributed by atoms with van der Waals surface area (Å²) in [6, 6.07) is 6.97. The molecule has 0 bridgehead atoms. The molecule has 1 aliphatic carbocycles. The molecule has 0 unspecified atom stereocenters. The average Bonchev–Trinajstić information content (AvgIpc) is 3.07. The minimum Gasteiger partial charge on any atom is -0.337 e. The molecule has 2 aromatic rings. The Hall–Kier alpha value is -1.39. The van der Waals surface area contributed by atoms with Gasteiger partial charge >= 0.3 is 0 Å². The van der Waals surface area contributed by atoms with Crippen LogP contribution < -0.4 is 5.73 Å². The van der Waals surface area contributed by atoms with E-state index in [-0.39, 0.29) is 0 Å². The first-order chi connectivity index (χ1) is 8.25. The predicted molar refractivity (Wildman–Crippen MR) is 63.8 cm³/mol. The predicted octanol–water partition coefficient (Wildman–Crippen LogP) is 2.65. The Morgan fingerprint density at radius 3 is 2.82 bits per heavy atom. The first-order valence-corrected chi connectivity index (χ1v) is 5.97. The summed E-state index contributed by atoms with van der Waals surface area (Å²) in [5, 5.41) is 4.56. The number of halogens is 1. The molecular formula is C12H12ClN3O. The van der Waals surface area contributed by atoms with Crippen LogP contribution in [0.4, 0.5) is 0 Å². The van der Waals surface area contributed by atoms with Gasteiger partial charge in [0.25, 0.3) is 0 Å². The molecule has 0 saturated heterocycles. The van der Waals surface area contributed by atoms with Crippen LogP contribution in [0.25, 0.3) is 0 Å². The van der Waals surface area contributed by atoms with E-state index in [1.807, 2.05) is 18.2 Å². The van der Waals surface area contributed by atoms with Crippen molar-refractivity contribution < 1.29 is 4.52 Å².